The molecule has 0 saturated carbocycles. The number of carbonyl (C=O) groups is 2. The van der Waals surface area contributed by atoms with Gasteiger partial charge in [0.15, 0.2) is 0 Å². The van der Waals surface area contributed by atoms with Crippen molar-refractivity contribution < 1.29 is 14.7 Å². The summed E-state index contributed by atoms with van der Waals surface area (Å²) in [6.45, 7) is 9.84. The lowest BCUT2D eigenvalue weighted by Crippen LogP contribution is -2.17. The van der Waals surface area contributed by atoms with Gasteiger partial charge in [-0.15, -0.1) is 0 Å². The first-order valence-electron chi connectivity index (χ1n) is 9.82. The molecule has 0 unspecified atom stereocenters. The fraction of sp³-hybridized carbons (Fsp3) is 0.115. The molecule has 0 radical (unpaired) electrons. The van der Waals surface area contributed by atoms with Crippen LogP contribution in [-0.2, 0) is 4.79 Å². The van der Waals surface area contributed by atoms with E-state index in [2.05, 4.69) is 11.9 Å². The summed E-state index contributed by atoms with van der Waals surface area (Å²) >= 11 is 0. The van der Waals surface area contributed by atoms with E-state index in [4.69, 9.17) is 10.1 Å². The van der Waals surface area contributed by atoms with Crippen molar-refractivity contribution in [3.63, 3.8) is 0 Å². The summed E-state index contributed by atoms with van der Waals surface area (Å²) in [4.78, 5) is 28.6. The number of aliphatic imine (C=N–C) groups is 1. The number of allylic oxidation sites excluding steroid dienone is 5. The standard InChI is InChI=1S/C26H24N2O3/c1-16-9-14-23(24(15-16)27-19(4)22-8-6-5-7-17(22)2)18(3)25(29)28-21-12-10-20(11-13-21)26(30)31/h5-15H,4H2,1-3H3,(H,28,29)(H,30,31)/b23-18+,27-24?. The summed E-state index contributed by atoms with van der Waals surface area (Å²) in [5.74, 6) is -1.30. The highest BCUT2D eigenvalue weighted by molar-refractivity contribution is 6.19. The molecule has 0 aromatic heterocycles. The van der Waals surface area contributed by atoms with Crippen molar-refractivity contribution in [3.8, 4) is 0 Å². The van der Waals surface area contributed by atoms with Crippen molar-refractivity contribution in [3.05, 3.63) is 107 Å². The van der Waals surface area contributed by atoms with E-state index in [9.17, 15) is 9.59 Å². The van der Waals surface area contributed by atoms with Gasteiger partial charge in [0.2, 0.25) is 0 Å². The number of amides is 1. The number of anilines is 1. The Morgan fingerprint density at radius 1 is 1.00 bits per heavy atom. The maximum Gasteiger partial charge on any atom is 0.335 e. The van der Waals surface area contributed by atoms with E-state index in [0.29, 0.717) is 28.2 Å². The normalized spacial score (nSPS) is 16.0. The van der Waals surface area contributed by atoms with Crippen LogP contribution in [0.4, 0.5) is 5.69 Å². The number of nitrogens with zero attached hydrogens (tertiary/aromatic N) is 1. The maximum absolute atomic E-state index is 12.9. The predicted octanol–water partition coefficient (Wildman–Crippen LogP) is 5.58. The van der Waals surface area contributed by atoms with Crippen LogP contribution in [-0.4, -0.2) is 22.7 Å². The number of carbonyl (C=O) groups excluding carboxylic acids is 1. The van der Waals surface area contributed by atoms with Gasteiger partial charge in [-0.05, 0) is 62.2 Å². The second kappa shape index (κ2) is 9.22. The second-order valence-corrected chi connectivity index (χ2v) is 7.36. The van der Waals surface area contributed by atoms with E-state index >= 15 is 0 Å². The zero-order valence-corrected chi connectivity index (χ0v) is 17.8. The minimum atomic E-state index is -1.01. The minimum Gasteiger partial charge on any atom is -0.478 e. The average molecular weight is 412 g/mol. The topological polar surface area (TPSA) is 78.8 Å². The number of carboxylic acids is 1. The Kier molecular flexibility index (Phi) is 6.46. The number of nitrogens with one attached hydrogen (secondary N) is 1. The van der Waals surface area contributed by atoms with Gasteiger partial charge in [0.05, 0.1) is 17.0 Å². The van der Waals surface area contributed by atoms with Crippen LogP contribution in [0, 0.1) is 6.92 Å². The smallest absolute Gasteiger partial charge is 0.335 e. The zero-order chi connectivity index (χ0) is 22.5. The molecule has 31 heavy (non-hydrogen) atoms. The van der Waals surface area contributed by atoms with E-state index in [1.807, 2.05) is 56.3 Å². The predicted molar refractivity (Wildman–Crippen MR) is 125 cm³/mol. The number of benzene rings is 2. The molecule has 1 aliphatic rings. The molecule has 0 saturated heterocycles. The van der Waals surface area contributed by atoms with Crippen LogP contribution < -0.4 is 5.32 Å². The lowest BCUT2D eigenvalue weighted by atomic mass is 9.96. The van der Waals surface area contributed by atoms with Crippen LogP contribution in [0.5, 0.6) is 0 Å². The monoisotopic (exact) mass is 412 g/mol. The van der Waals surface area contributed by atoms with E-state index in [0.717, 1.165) is 16.7 Å². The molecule has 3 rings (SSSR count). The Bertz CT molecular complexity index is 1180. The molecule has 156 valence electrons. The van der Waals surface area contributed by atoms with Crippen molar-refractivity contribution in [1.82, 2.24) is 0 Å². The summed E-state index contributed by atoms with van der Waals surface area (Å²) in [5, 5.41) is 11.8. The Morgan fingerprint density at radius 3 is 2.32 bits per heavy atom. The number of carboxylic acid groups (broad SMARTS) is 1. The maximum atomic E-state index is 12.9. The molecule has 5 heteroatoms. The molecule has 2 N–H and O–H groups in total. The SMILES string of the molecule is C=C(N=C1C=C(C)C=C/C1=C(/C)C(=O)Nc1ccc(C(=O)O)cc1)c1ccccc1C. The van der Waals surface area contributed by atoms with Crippen molar-refractivity contribution >= 4 is 29.0 Å². The Balaban J connectivity index is 1.90. The Labute approximate surface area is 181 Å². The van der Waals surface area contributed by atoms with Crippen LogP contribution in [0.2, 0.25) is 0 Å². The number of hydrogen-bond acceptors (Lipinski definition) is 3. The molecule has 0 bridgehead atoms. The number of hydrogen-bond donors (Lipinski definition) is 2. The number of aryl methyl sites for hydroxylation is 1. The Morgan fingerprint density at radius 2 is 1.68 bits per heavy atom. The fourth-order valence-electron chi connectivity index (χ4n) is 3.20. The van der Waals surface area contributed by atoms with E-state index in [1.165, 1.54) is 12.1 Å². The zero-order valence-electron chi connectivity index (χ0n) is 17.8. The summed E-state index contributed by atoms with van der Waals surface area (Å²) < 4.78 is 0. The lowest BCUT2D eigenvalue weighted by molar-refractivity contribution is -0.112. The third-order valence-corrected chi connectivity index (χ3v) is 5.00. The van der Waals surface area contributed by atoms with Crippen LogP contribution in [0.25, 0.3) is 5.70 Å². The molecule has 0 heterocycles. The molecule has 1 amide bonds. The highest BCUT2D eigenvalue weighted by atomic mass is 16.4. The first kappa shape index (κ1) is 21.7. The molecule has 0 fully saturated rings. The molecule has 1 aliphatic carbocycles. The second-order valence-electron chi connectivity index (χ2n) is 7.36. The highest BCUT2D eigenvalue weighted by Gasteiger charge is 2.16. The van der Waals surface area contributed by atoms with Gasteiger partial charge in [0.1, 0.15) is 0 Å². The quantitative estimate of drug-likeness (QED) is 0.630. The molecular formula is C26H24N2O3. The summed E-state index contributed by atoms with van der Waals surface area (Å²) in [5.41, 5.74) is 6.24. The number of rotatable bonds is 5. The van der Waals surface area contributed by atoms with Gasteiger partial charge in [0.25, 0.3) is 5.91 Å². The highest BCUT2D eigenvalue weighted by Crippen LogP contribution is 2.24. The molecule has 0 spiro atoms. The van der Waals surface area contributed by atoms with Crippen molar-refractivity contribution in [2.24, 2.45) is 4.99 Å². The first-order valence-corrected chi connectivity index (χ1v) is 9.82. The summed E-state index contributed by atoms with van der Waals surface area (Å²) in [6.07, 6.45) is 5.74. The van der Waals surface area contributed by atoms with Crippen molar-refractivity contribution in [2.75, 3.05) is 5.32 Å². The summed E-state index contributed by atoms with van der Waals surface area (Å²) in [7, 11) is 0. The van der Waals surface area contributed by atoms with E-state index in [1.54, 1.807) is 19.1 Å². The Hall–Kier alpha value is -3.99. The molecule has 5 nitrogen and oxygen atoms in total. The summed E-state index contributed by atoms with van der Waals surface area (Å²) in [6, 6.07) is 13.9. The van der Waals surface area contributed by atoms with Gasteiger partial charge in [-0.2, -0.15) is 0 Å². The molecule has 2 aromatic rings. The lowest BCUT2D eigenvalue weighted by Gasteiger charge is -2.15. The molecule has 2 aromatic carbocycles. The van der Waals surface area contributed by atoms with Gasteiger partial charge in [-0.25, -0.2) is 9.79 Å². The van der Waals surface area contributed by atoms with Crippen molar-refractivity contribution in [2.45, 2.75) is 20.8 Å². The van der Waals surface area contributed by atoms with E-state index in [-0.39, 0.29) is 11.5 Å². The van der Waals surface area contributed by atoms with Gasteiger partial charge >= 0.3 is 5.97 Å². The van der Waals surface area contributed by atoms with Gasteiger partial charge in [0, 0.05) is 22.4 Å². The molecule has 0 atom stereocenters. The van der Waals surface area contributed by atoms with Gasteiger partial charge in [-0.1, -0.05) is 43.0 Å². The van der Waals surface area contributed by atoms with Crippen LogP contribution in [0.15, 0.2) is 95.0 Å². The van der Waals surface area contributed by atoms with Crippen LogP contribution in [0.3, 0.4) is 0 Å². The third-order valence-electron chi connectivity index (χ3n) is 5.00. The molecular weight excluding hydrogens is 388 g/mol. The minimum absolute atomic E-state index is 0.160. The molecule has 0 aliphatic heterocycles. The average Bonchev–Trinajstić information content (AvgIpc) is 2.74. The van der Waals surface area contributed by atoms with Gasteiger partial charge < -0.3 is 10.4 Å². The van der Waals surface area contributed by atoms with Crippen molar-refractivity contribution in [1.29, 1.82) is 0 Å². The van der Waals surface area contributed by atoms with Crippen LogP contribution >= 0.6 is 0 Å². The first-order chi connectivity index (χ1) is 14.8. The fourth-order valence-corrected chi connectivity index (χ4v) is 3.20. The third kappa shape index (κ3) is 5.14. The number of aromatic carboxylic acids is 1. The van der Waals surface area contributed by atoms with E-state index < -0.39 is 5.97 Å². The van der Waals surface area contributed by atoms with Gasteiger partial charge in [-0.3, -0.25) is 4.79 Å². The van der Waals surface area contributed by atoms with Crippen LogP contribution in [0.1, 0.15) is 35.3 Å². The largest absolute Gasteiger partial charge is 0.478 e.